The lowest BCUT2D eigenvalue weighted by molar-refractivity contribution is -0.142. The molecule has 178 valence electrons. The van der Waals surface area contributed by atoms with Crippen molar-refractivity contribution >= 4 is 29.0 Å². The summed E-state index contributed by atoms with van der Waals surface area (Å²) in [5.74, 6) is -7.69. The van der Waals surface area contributed by atoms with E-state index in [2.05, 4.69) is 20.5 Å². The van der Waals surface area contributed by atoms with Crippen LogP contribution in [0.1, 0.15) is 27.4 Å². The number of rotatable bonds is 4. The van der Waals surface area contributed by atoms with Crippen molar-refractivity contribution in [1.82, 2.24) is 24.4 Å². The van der Waals surface area contributed by atoms with Crippen molar-refractivity contribution in [2.75, 3.05) is 5.32 Å². The van der Waals surface area contributed by atoms with Crippen molar-refractivity contribution in [3.8, 4) is 0 Å². The third-order valence-corrected chi connectivity index (χ3v) is 4.92. The van der Waals surface area contributed by atoms with Crippen LogP contribution in [0.4, 0.5) is 36.6 Å². The highest BCUT2D eigenvalue weighted by atomic mass is 35.5. The molecule has 0 saturated carbocycles. The van der Waals surface area contributed by atoms with Gasteiger partial charge in [0.2, 0.25) is 0 Å². The van der Waals surface area contributed by atoms with E-state index in [1.807, 2.05) is 0 Å². The Morgan fingerprint density at radius 2 is 1.74 bits per heavy atom. The molecular weight excluding hydrogens is 497 g/mol. The molecule has 0 fully saturated rings. The van der Waals surface area contributed by atoms with Crippen LogP contribution in [0, 0.1) is 30.2 Å². The summed E-state index contributed by atoms with van der Waals surface area (Å²) in [7, 11) is 0. The Kier molecular flexibility index (Phi) is 5.71. The van der Waals surface area contributed by atoms with Gasteiger partial charge in [-0.15, -0.1) is 0 Å². The highest BCUT2D eigenvalue weighted by Crippen LogP contribution is 2.32. The topological polar surface area (TPSA) is 77.1 Å². The zero-order valence-corrected chi connectivity index (χ0v) is 17.4. The first-order chi connectivity index (χ1) is 15.9. The summed E-state index contributed by atoms with van der Waals surface area (Å²) >= 11 is 6.04. The van der Waals surface area contributed by atoms with Gasteiger partial charge in [-0.2, -0.15) is 23.4 Å². The number of carbonyl (C=O) groups excluding carboxylic acids is 1. The van der Waals surface area contributed by atoms with Gasteiger partial charge in [0, 0.05) is 24.0 Å². The summed E-state index contributed by atoms with van der Waals surface area (Å²) < 4.78 is 95.7. The van der Waals surface area contributed by atoms with Crippen LogP contribution in [0.2, 0.25) is 5.02 Å². The van der Waals surface area contributed by atoms with Gasteiger partial charge in [0.15, 0.2) is 40.4 Å². The highest BCUT2D eigenvalue weighted by molar-refractivity contribution is 6.37. The van der Waals surface area contributed by atoms with E-state index in [4.69, 9.17) is 11.6 Å². The second kappa shape index (κ2) is 8.27. The van der Waals surface area contributed by atoms with Crippen LogP contribution >= 0.6 is 11.6 Å². The maximum absolute atomic E-state index is 13.9. The van der Waals surface area contributed by atoms with E-state index >= 15 is 0 Å². The molecule has 3 aromatic heterocycles. The molecule has 7 nitrogen and oxygen atoms in total. The first kappa shape index (κ1) is 23.5. The number of carbonyl (C=O) groups is 1. The van der Waals surface area contributed by atoms with Crippen molar-refractivity contribution in [3.63, 3.8) is 0 Å². The van der Waals surface area contributed by atoms with Gasteiger partial charge in [0.05, 0.1) is 12.1 Å². The number of alkyl halides is 3. The number of nitrogens with one attached hydrogen (secondary N) is 1. The molecule has 0 aliphatic heterocycles. The van der Waals surface area contributed by atoms with Gasteiger partial charge in [-0.05, 0) is 13.0 Å². The van der Waals surface area contributed by atoms with Gasteiger partial charge in [0.25, 0.3) is 5.91 Å². The third kappa shape index (κ3) is 4.16. The lowest BCUT2D eigenvalue weighted by Gasteiger charge is -2.09. The molecule has 0 radical (unpaired) electrons. The SMILES string of the molecule is Cc1cc(C(F)(F)F)n2nc(C(=O)Nc3ccn(Cc4c(F)c(F)cc(F)c4F)n3)c(Cl)c2n1. The van der Waals surface area contributed by atoms with Gasteiger partial charge in [-0.3, -0.25) is 9.48 Å². The predicted octanol–water partition coefficient (Wildman–Crippen LogP) is 4.76. The van der Waals surface area contributed by atoms with E-state index in [1.54, 1.807) is 0 Å². The van der Waals surface area contributed by atoms with Crippen molar-refractivity contribution in [1.29, 1.82) is 0 Å². The number of aromatic nitrogens is 5. The summed E-state index contributed by atoms with van der Waals surface area (Å²) in [6.45, 7) is 0.580. The van der Waals surface area contributed by atoms with Crippen LogP contribution < -0.4 is 5.32 Å². The standard InChI is InChI=1S/C19H10ClF7N6O/c1-7-4-11(19(25,26)27)33-17(28-7)13(20)16(31-33)18(34)29-12-2-3-32(30-12)6-8-14(23)9(21)5-10(22)15(8)24/h2-5H,6H2,1H3,(H,29,30,34). The lowest BCUT2D eigenvalue weighted by atomic mass is 10.2. The van der Waals surface area contributed by atoms with Gasteiger partial charge in [-0.1, -0.05) is 11.6 Å². The lowest BCUT2D eigenvalue weighted by Crippen LogP contribution is -2.16. The minimum Gasteiger partial charge on any atom is -0.304 e. The number of halogens is 8. The number of benzene rings is 1. The number of amides is 1. The average Bonchev–Trinajstić information content (AvgIpc) is 3.32. The summed E-state index contributed by atoms with van der Waals surface area (Å²) in [5, 5.41) is 9.17. The smallest absolute Gasteiger partial charge is 0.304 e. The summed E-state index contributed by atoms with van der Waals surface area (Å²) in [5.41, 5.74) is -3.15. The molecule has 0 aliphatic rings. The van der Waals surface area contributed by atoms with E-state index in [0.717, 1.165) is 23.0 Å². The van der Waals surface area contributed by atoms with E-state index < -0.39 is 69.5 Å². The number of nitrogens with zero attached hydrogens (tertiary/aromatic N) is 5. The quantitative estimate of drug-likeness (QED) is 0.320. The van der Waals surface area contributed by atoms with Gasteiger partial charge >= 0.3 is 6.18 Å². The fourth-order valence-corrected chi connectivity index (χ4v) is 3.32. The molecule has 15 heteroatoms. The maximum atomic E-state index is 13.9. The molecule has 1 amide bonds. The molecule has 1 N–H and O–H groups in total. The number of hydrogen-bond acceptors (Lipinski definition) is 4. The molecule has 1 aromatic carbocycles. The zero-order chi connectivity index (χ0) is 24.9. The fraction of sp³-hybridized carbons (Fsp3) is 0.158. The Labute approximate surface area is 189 Å². The monoisotopic (exact) mass is 506 g/mol. The summed E-state index contributed by atoms with van der Waals surface area (Å²) in [6.07, 6.45) is -3.68. The van der Waals surface area contributed by atoms with Gasteiger partial charge in [0.1, 0.15) is 10.7 Å². The second-order valence-corrected chi connectivity index (χ2v) is 7.36. The maximum Gasteiger partial charge on any atom is 0.433 e. The fourth-order valence-electron chi connectivity index (χ4n) is 3.08. The van der Waals surface area contributed by atoms with Crippen LogP contribution in [-0.2, 0) is 12.7 Å². The molecule has 3 heterocycles. The van der Waals surface area contributed by atoms with Crippen LogP contribution in [0.25, 0.3) is 5.65 Å². The van der Waals surface area contributed by atoms with Gasteiger partial charge < -0.3 is 5.32 Å². The molecule has 4 aromatic rings. The summed E-state index contributed by atoms with van der Waals surface area (Å²) in [6, 6.07) is 1.95. The molecule has 0 spiro atoms. The molecule has 4 rings (SSSR count). The normalized spacial score (nSPS) is 11.9. The molecule has 0 unspecified atom stereocenters. The zero-order valence-electron chi connectivity index (χ0n) is 16.7. The van der Waals surface area contributed by atoms with E-state index in [-0.39, 0.29) is 17.6 Å². The molecule has 0 atom stereocenters. The van der Waals surface area contributed by atoms with Crippen LogP contribution in [0.3, 0.4) is 0 Å². The Bertz CT molecular complexity index is 1420. The van der Waals surface area contributed by atoms with E-state index in [0.29, 0.717) is 4.52 Å². The Morgan fingerprint density at radius 1 is 1.09 bits per heavy atom. The minimum absolute atomic E-state index is 0.0134. The highest BCUT2D eigenvalue weighted by Gasteiger charge is 2.36. The van der Waals surface area contributed by atoms with Gasteiger partial charge in [-0.25, -0.2) is 27.1 Å². The van der Waals surface area contributed by atoms with Crippen molar-refractivity contribution in [2.24, 2.45) is 0 Å². The predicted molar refractivity (Wildman–Crippen MR) is 103 cm³/mol. The van der Waals surface area contributed by atoms with Crippen molar-refractivity contribution < 1.29 is 35.5 Å². The van der Waals surface area contributed by atoms with Crippen molar-refractivity contribution in [2.45, 2.75) is 19.6 Å². The Hall–Kier alpha value is -3.68. The average molecular weight is 507 g/mol. The first-order valence-corrected chi connectivity index (χ1v) is 9.54. The van der Waals surface area contributed by atoms with Crippen molar-refractivity contribution in [3.05, 3.63) is 75.3 Å². The number of fused-ring (bicyclic) bond motifs is 1. The van der Waals surface area contributed by atoms with E-state index in [1.165, 1.54) is 6.92 Å². The first-order valence-electron chi connectivity index (χ1n) is 9.16. The third-order valence-electron chi connectivity index (χ3n) is 4.57. The Morgan fingerprint density at radius 3 is 2.35 bits per heavy atom. The largest absolute Gasteiger partial charge is 0.433 e. The minimum atomic E-state index is -4.81. The number of anilines is 1. The number of aryl methyl sites for hydroxylation is 1. The molecular formula is C19H10ClF7N6O. The van der Waals surface area contributed by atoms with Crippen LogP contribution in [0.15, 0.2) is 24.4 Å². The summed E-state index contributed by atoms with van der Waals surface area (Å²) in [4.78, 5) is 16.4. The molecule has 34 heavy (non-hydrogen) atoms. The molecule has 0 bridgehead atoms. The van der Waals surface area contributed by atoms with Crippen LogP contribution in [-0.4, -0.2) is 30.3 Å². The second-order valence-electron chi connectivity index (χ2n) is 6.98. The molecule has 0 aliphatic carbocycles. The van der Waals surface area contributed by atoms with E-state index in [9.17, 15) is 35.5 Å². The number of hydrogen-bond donors (Lipinski definition) is 1. The molecule has 0 saturated heterocycles. The van der Waals surface area contributed by atoms with Crippen LogP contribution in [0.5, 0.6) is 0 Å². The Balaban J connectivity index is 1.61.